The minimum absolute atomic E-state index is 0.125. The van der Waals surface area contributed by atoms with E-state index in [9.17, 15) is 0 Å². The molecule has 0 fully saturated rings. The number of benzene rings is 2. The van der Waals surface area contributed by atoms with Crippen LogP contribution in [0, 0.1) is 0 Å². The first-order valence-electron chi connectivity index (χ1n) is 6.68. The Morgan fingerprint density at radius 3 is 2.80 bits per heavy atom. The third-order valence-electron chi connectivity index (χ3n) is 4.02. The van der Waals surface area contributed by atoms with Gasteiger partial charge >= 0.3 is 0 Å². The van der Waals surface area contributed by atoms with Crippen molar-refractivity contribution in [2.24, 2.45) is 5.84 Å². The average molecular weight is 352 g/mol. The first-order valence-corrected chi connectivity index (χ1v) is 7.85. The molecule has 2 atom stereocenters. The molecular formula is C16H16BrClN2. The Morgan fingerprint density at radius 2 is 2.10 bits per heavy atom. The summed E-state index contributed by atoms with van der Waals surface area (Å²) in [6, 6.07) is 14.6. The molecule has 2 unspecified atom stereocenters. The molecule has 4 heteroatoms. The van der Waals surface area contributed by atoms with E-state index in [4.69, 9.17) is 17.4 Å². The Morgan fingerprint density at radius 1 is 1.30 bits per heavy atom. The number of hydrogen-bond acceptors (Lipinski definition) is 2. The Balaban J connectivity index is 1.79. The fraction of sp³-hybridized carbons (Fsp3) is 0.250. The predicted molar refractivity (Wildman–Crippen MR) is 86.7 cm³/mol. The van der Waals surface area contributed by atoms with Gasteiger partial charge in [-0.05, 0) is 47.6 Å². The van der Waals surface area contributed by atoms with Gasteiger partial charge in [-0.15, -0.1) is 0 Å². The highest BCUT2D eigenvalue weighted by atomic mass is 79.9. The van der Waals surface area contributed by atoms with Crippen molar-refractivity contribution in [2.45, 2.75) is 24.8 Å². The fourth-order valence-corrected chi connectivity index (χ4v) is 3.89. The number of nitrogens with one attached hydrogen (secondary N) is 1. The van der Waals surface area contributed by atoms with Gasteiger partial charge in [0.2, 0.25) is 0 Å². The fourth-order valence-electron chi connectivity index (χ4n) is 2.93. The van der Waals surface area contributed by atoms with E-state index >= 15 is 0 Å². The van der Waals surface area contributed by atoms with Crippen molar-refractivity contribution in [3.8, 4) is 0 Å². The third kappa shape index (κ3) is 2.63. The van der Waals surface area contributed by atoms with Gasteiger partial charge in [0.15, 0.2) is 0 Å². The number of hydrazine groups is 1. The van der Waals surface area contributed by atoms with Crippen LogP contribution in [0.5, 0.6) is 0 Å². The van der Waals surface area contributed by atoms with Crippen LogP contribution in [0.3, 0.4) is 0 Å². The van der Waals surface area contributed by atoms with Gasteiger partial charge in [-0.1, -0.05) is 57.9 Å². The van der Waals surface area contributed by atoms with Crippen LogP contribution in [-0.2, 0) is 6.42 Å². The van der Waals surface area contributed by atoms with Crippen molar-refractivity contribution in [1.82, 2.24) is 5.43 Å². The molecule has 0 bridgehead atoms. The molecule has 3 N–H and O–H groups in total. The molecule has 0 amide bonds. The molecule has 3 rings (SSSR count). The lowest BCUT2D eigenvalue weighted by Gasteiger charge is -2.33. The Labute approximate surface area is 132 Å². The lowest BCUT2D eigenvalue weighted by molar-refractivity contribution is 0.434. The van der Waals surface area contributed by atoms with Gasteiger partial charge in [-0.25, -0.2) is 0 Å². The topological polar surface area (TPSA) is 38.0 Å². The number of halogens is 2. The summed E-state index contributed by atoms with van der Waals surface area (Å²) >= 11 is 9.56. The van der Waals surface area contributed by atoms with E-state index in [2.05, 4.69) is 45.6 Å². The second-order valence-electron chi connectivity index (χ2n) is 5.22. The van der Waals surface area contributed by atoms with Crippen LogP contribution in [0.2, 0.25) is 5.02 Å². The van der Waals surface area contributed by atoms with Crippen molar-refractivity contribution in [1.29, 1.82) is 0 Å². The molecular weight excluding hydrogens is 336 g/mol. The van der Waals surface area contributed by atoms with Crippen molar-refractivity contribution < 1.29 is 0 Å². The molecule has 0 heterocycles. The van der Waals surface area contributed by atoms with E-state index < -0.39 is 0 Å². The second-order valence-corrected chi connectivity index (χ2v) is 6.51. The summed E-state index contributed by atoms with van der Waals surface area (Å²) in [7, 11) is 0. The number of rotatable bonds is 4. The lowest BCUT2D eigenvalue weighted by Crippen LogP contribution is -2.31. The zero-order valence-electron chi connectivity index (χ0n) is 10.9. The van der Waals surface area contributed by atoms with Gasteiger partial charge in [0.05, 0.1) is 0 Å². The predicted octanol–water partition coefficient (Wildman–Crippen LogP) is 4.34. The van der Waals surface area contributed by atoms with Gasteiger partial charge in [-0.2, -0.15) is 0 Å². The molecule has 0 radical (unpaired) electrons. The van der Waals surface area contributed by atoms with Gasteiger partial charge in [0.1, 0.15) is 0 Å². The van der Waals surface area contributed by atoms with Crippen LogP contribution in [-0.4, -0.2) is 0 Å². The summed E-state index contributed by atoms with van der Waals surface area (Å²) in [5, 5.41) is 0.727. The van der Waals surface area contributed by atoms with Crippen molar-refractivity contribution in [2.75, 3.05) is 0 Å². The SMILES string of the molecule is NNC(CC1Cc2ccccc21)c1ccc(Cl)cc1Br. The highest BCUT2D eigenvalue weighted by Gasteiger charge is 2.28. The maximum atomic E-state index is 5.99. The minimum atomic E-state index is 0.125. The zero-order chi connectivity index (χ0) is 14.1. The van der Waals surface area contributed by atoms with Crippen LogP contribution >= 0.6 is 27.5 Å². The molecule has 0 aromatic heterocycles. The highest BCUT2D eigenvalue weighted by Crippen LogP contribution is 2.41. The van der Waals surface area contributed by atoms with E-state index in [-0.39, 0.29) is 6.04 Å². The third-order valence-corrected chi connectivity index (χ3v) is 4.94. The first kappa shape index (κ1) is 14.1. The molecule has 0 saturated carbocycles. The summed E-state index contributed by atoms with van der Waals surface area (Å²) in [4.78, 5) is 0. The monoisotopic (exact) mass is 350 g/mol. The second kappa shape index (κ2) is 5.86. The van der Waals surface area contributed by atoms with E-state index in [1.54, 1.807) is 0 Å². The largest absolute Gasteiger partial charge is 0.271 e. The standard InChI is InChI=1S/C16H16BrClN2/c17-15-9-12(18)5-6-14(15)16(20-19)8-11-7-10-3-1-2-4-13(10)11/h1-6,9,11,16,20H,7-8,19H2. The molecule has 0 spiro atoms. The van der Waals surface area contributed by atoms with Gasteiger partial charge in [0.25, 0.3) is 0 Å². The zero-order valence-corrected chi connectivity index (χ0v) is 13.3. The Hall–Kier alpha value is -0.870. The molecule has 0 aliphatic heterocycles. The molecule has 2 nitrogen and oxygen atoms in total. The quantitative estimate of drug-likeness (QED) is 0.635. The van der Waals surface area contributed by atoms with E-state index in [0.29, 0.717) is 5.92 Å². The van der Waals surface area contributed by atoms with Crippen LogP contribution in [0.15, 0.2) is 46.9 Å². The molecule has 2 aromatic carbocycles. The lowest BCUT2D eigenvalue weighted by atomic mass is 9.74. The molecule has 20 heavy (non-hydrogen) atoms. The van der Waals surface area contributed by atoms with E-state index in [1.807, 2.05) is 18.2 Å². The normalized spacial score (nSPS) is 18.2. The number of hydrogen-bond donors (Lipinski definition) is 2. The maximum Gasteiger partial charge on any atom is 0.0477 e. The van der Waals surface area contributed by atoms with Crippen LogP contribution < -0.4 is 11.3 Å². The average Bonchev–Trinajstić information content (AvgIpc) is 2.41. The van der Waals surface area contributed by atoms with Crippen LogP contribution in [0.1, 0.15) is 35.1 Å². The minimum Gasteiger partial charge on any atom is -0.271 e. The van der Waals surface area contributed by atoms with Crippen LogP contribution in [0.25, 0.3) is 0 Å². The maximum absolute atomic E-state index is 5.99. The van der Waals surface area contributed by atoms with E-state index in [0.717, 1.165) is 27.9 Å². The van der Waals surface area contributed by atoms with Gasteiger partial charge in [0, 0.05) is 15.5 Å². The molecule has 0 saturated heterocycles. The summed E-state index contributed by atoms with van der Waals surface area (Å²) in [5.74, 6) is 6.33. The van der Waals surface area contributed by atoms with Gasteiger partial charge in [-0.3, -0.25) is 11.3 Å². The molecule has 2 aromatic rings. The van der Waals surface area contributed by atoms with Gasteiger partial charge < -0.3 is 0 Å². The number of fused-ring (bicyclic) bond motifs is 1. The smallest absolute Gasteiger partial charge is 0.0477 e. The summed E-state index contributed by atoms with van der Waals surface area (Å²) in [5.41, 5.74) is 7.01. The van der Waals surface area contributed by atoms with Crippen molar-refractivity contribution >= 4 is 27.5 Å². The van der Waals surface area contributed by atoms with E-state index in [1.165, 1.54) is 11.1 Å². The summed E-state index contributed by atoms with van der Waals surface area (Å²) < 4.78 is 1.00. The molecule has 104 valence electrons. The van der Waals surface area contributed by atoms with Crippen LogP contribution in [0.4, 0.5) is 0 Å². The molecule has 1 aliphatic rings. The van der Waals surface area contributed by atoms with Crippen molar-refractivity contribution in [3.05, 3.63) is 68.7 Å². The Bertz CT molecular complexity index is 630. The first-order chi connectivity index (χ1) is 9.69. The van der Waals surface area contributed by atoms with Crippen molar-refractivity contribution in [3.63, 3.8) is 0 Å². The summed E-state index contributed by atoms with van der Waals surface area (Å²) in [6.07, 6.45) is 2.13. The molecule has 1 aliphatic carbocycles. The highest BCUT2D eigenvalue weighted by molar-refractivity contribution is 9.10. The Kier molecular flexibility index (Phi) is 4.13. The number of nitrogens with two attached hydrogens (primary N) is 1. The summed E-state index contributed by atoms with van der Waals surface area (Å²) in [6.45, 7) is 0.